The third-order valence-corrected chi connectivity index (χ3v) is 2.92. The van der Waals surface area contributed by atoms with Crippen molar-refractivity contribution in [1.82, 2.24) is 0 Å². The Hall–Kier alpha value is 0.0500. The van der Waals surface area contributed by atoms with Crippen molar-refractivity contribution in [2.24, 2.45) is 0 Å². The van der Waals surface area contributed by atoms with Crippen LogP contribution in [0.5, 0.6) is 0 Å². The van der Waals surface area contributed by atoms with E-state index < -0.39 is 0 Å². The zero-order chi connectivity index (χ0) is 6.81. The van der Waals surface area contributed by atoms with Crippen molar-refractivity contribution in [3.05, 3.63) is 30.3 Å². The fourth-order valence-electron chi connectivity index (χ4n) is 0.877. The van der Waals surface area contributed by atoms with Gasteiger partial charge in [0.25, 0.3) is 0 Å². The molecule has 2 heteroatoms. The molecule has 0 atom stereocenters. The quantitative estimate of drug-likeness (QED) is 0.750. The summed E-state index contributed by atoms with van der Waals surface area (Å²) >= 11 is 2.01. The maximum Gasteiger partial charge on any atom is 0.00952 e. The highest BCUT2D eigenvalue weighted by molar-refractivity contribution is 8.93. The highest BCUT2D eigenvalue weighted by Gasteiger charge is 2.21. The first-order chi connectivity index (χ1) is 4.95. The molecule has 0 amide bonds. The Morgan fingerprint density at radius 3 is 2.27 bits per heavy atom. The lowest BCUT2D eigenvalue weighted by Gasteiger charge is -1.95. The molecule has 1 aliphatic carbocycles. The minimum Gasteiger partial charge on any atom is -0.123 e. The van der Waals surface area contributed by atoms with E-state index in [9.17, 15) is 0 Å². The van der Waals surface area contributed by atoms with Gasteiger partial charge in [0.15, 0.2) is 0 Å². The number of halogens is 1. The van der Waals surface area contributed by atoms with E-state index in [-0.39, 0.29) is 17.0 Å². The summed E-state index contributed by atoms with van der Waals surface area (Å²) in [6.07, 6.45) is 2.83. The lowest BCUT2D eigenvalue weighted by molar-refractivity contribution is 1.42. The van der Waals surface area contributed by atoms with Gasteiger partial charge in [0.05, 0.1) is 0 Å². The largest absolute Gasteiger partial charge is 0.123 e. The van der Waals surface area contributed by atoms with Gasteiger partial charge in [0.1, 0.15) is 0 Å². The van der Waals surface area contributed by atoms with Gasteiger partial charge in [-0.3, -0.25) is 0 Å². The standard InChI is InChI=1S/C9H10S.BrH/c1-2-4-8(5-3-1)10-9-6-7-9;/h1-5,9H,6-7H2;1H. The molecule has 60 valence electrons. The fourth-order valence-corrected chi connectivity index (χ4v) is 1.95. The Balaban J connectivity index is 0.000000605. The first-order valence-corrected chi connectivity index (χ1v) is 4.55. The zero-order valence-electron chi connectivity index (χ0n) is 6.19. The van der Waals surface area contributed by atoms with Gasteiger partial charge in [-0.15, -0.1) is 28.7 Å². The number of hydrogen-bond acceptors (Lipinski definition) is 1. The van der Waals surface area contributed by atoms with Crippen molar-refractivity contribution in [3.63, 3.8) is 0 Å². The molecule has 0 spiro atoms. The van der Waals surface area contributed by atoms with E-state index in [0.717, 1.165) is 5.25 Å². The second-order valence-corrected chi connectivity index (χ2v) is 4.00. The molecular formula is C9H11BrS. The molecule has 1 aliphatic rings. The Morgan fingerprint density at radius 2 is 1.73 bits per heavy atom. The van der Waals surface area contributed by atoms with Crippen molar-refractivity contribution in [2.45, 2.75) is 23.0 Å². The Kier molecular flexibility index (Phi) is 3.46. The minimum atomic E-state index is 0. The normalized spacial score (nSPS) is 15.6. The molecule has 0 N–H and O–H groups in total. The van der Waals surface area contributed by atoms with Crippen LogP contribution in [-0.4, -0.2) is 5.25 Å². The summed E-state index contributed by atoms with van der Waals surface area (Å²) in [7, 11) is 0. The molecule has 2 rings (SSSR count). The third-order valence-electron chi connectivity index (χ3n) is 1.57. The molecule has 1 aromatic carbocycles. The number of rotatable bonds is 2. The van der Waals surface area contributed by atoms with Gasteiger partial charge in [-0.05, 0) is 25.0 Å². The van der Waals surface area contributed by atoms with Crippen LogP contribution in [0, 0.1) is 0 Å². The van der Waals surface area contributed by atoms with Gasteiger partial charge in [-0.25, -0.2) is 0 Å². The third kappa shape index (κ3) is 2.88. The summed E-state index contributed by atoms with van der Waals surface area (Å²) in [5.74, 6) is 0. The average Bonchev–Trinajstić information content (AvgIpc) is 2.74. The molecule has 1 saturated carbocycles. The van der Waals surface area contributed by atoms with Crippen LogP contribution < -0.4 is 0 Å². The van der Waals surface area contributed by atoms with Crippen LogP contribution in [-0.2, 0) is 0 Å². The molecule has 0 radical (unpaired) electrons. The summed E-state index contributed by atoms with van der Waals surface area (Å²) in [6, 6.07) is 10.6. The molecular weight excluding hydrogens is 220 g/mol. The van der Waals surface area contributed by atoms with Crippen LogP contribution in [0.25, 0.3) is 0 Å². The molecule has 11 heavy (non-hydrogen) atoms. The Morgan fingerprint density at radius 1 is 1.09 bits per heavy atom. The average molecular weight is 231 g/mol. The molecule has 0 aromatic heterocycles. The van der Waals surface area contributed by atoms with Crippen molar-refractivity contribution < 1.29 is 0 Å². The predicted molar refractivity (Wildman–Crippen MR) is 55.6 cm³/mol. The minimum absolute atomic E-state index is 0. The van der Waals surface area contributed by atoms with E-state index in [2.05, 4.69) is 30.3 Å². The lowest BCUT2D eigenvalue weighted by atomic mass is 10.4. The van der Waals surface area contributed by atoms with Crippen LogP contribution in [0.4, 0.5) is 0 Å². The molecule has 0 aliphatic heterocycles. The van der Waals surface area contributed by atoms with Gasteiger partial charge < -0.3 is 0 Å². The van der Waals surface area contributed by atoms with Gasteiger partial charge in [0.2, 0.25) is 0 Å². The monoisotopic (exact) mass is 230 g/mol. The Bertz CT molecular complexity index is 206. The van der Waals surface area contributed by atoms with Crippen LogP contribution in [0.3, 0.4) is 0 Å². The van der Waals surface area contributed by atoms with E-state index in [0.29, 0.717) is 0 Å². The Labute approximate surface area is 82.2 Å². The number of thioether (sulfide) groups is 1. The van der Waals surface area contributed by atoms with Crippen LogP contribution in [0.1, 0.15) is 12.8 Å². The van der Waals surface area contributed by atoms with Crippen molar-refractivity contribution in [1.29, 1.82) is 0 Å². The lowest BCUT2D eigenvalue weighted by Crippen LogP contribution is -1.72. The second kappa shape index (κ2) is 4.17. The SMILES string of the molecule is Br.c1ccc(SC2CC2)cc1. The molecule has 1 aromatic rings. The van der Waals surface area contributed by atoms with Gasteiger partial charge in [-0.2, -0.15) is 0 Å². The molecule has 0 saturated heterocycles. The van der Waals surface area contributed by atoms with E-state index in [4.69, 9.17) is 0 Å². The highest BCUT2D eigenvalue weighted by atomic mass is 79.9. The molecule has 0 heterocycles. The van der Waals surface area contributed by atoms with E-state index in [1.54, 1.807) is 0 Å². The van der Waals surface area contributed by atoms with E-state index in [1.807, 2.05) is 11.8 Å². The topological polar surface area (TPSA) is 0 Å². The predicted octanol–water partition coefficient (Wildman–Crippen LogP) is 3.52. The fraction of sp³-hybridized carbons (Fsp3) is 0.333. The number of hydrogen-bond donors (Lipinski definition) is 0. The summed E-state index contributed by atoms with van der Waals surface area (Å²) in [6.45, 7) is 0. The first kappa shape index (κ1) is 9.14. The van der Waals surface area contributed by atoms with Gasteiger partial charge >= 0.3 is 0 Å². The molecule has 0 nitrogen and oxygen atoms in total. The van der Waals surface area contributed by atoms with Crippen LogP contribution in [0.2, 0.25) is 0 Å². The molecule has 1 fully saturated rings. The zero-order valence-corrected chi connectivity index (χ0v) is 8.72. The van der Waals surface area contributed by atoms with E-state index in [1.165, 1.54) is 17.7 Å². The van der Waals surface area contributed by atoms with Crippen molar-refractivity contribution in [3.8, 4) is 0 Å². The summed E-state index contributed by atoms with van der Waals surface area (Å²) in [5.41, 5.74) is 0. The second-order valence-electron chi connectivity index (χ2n) is 2.63. The first-order valence-electron chi connectivity index (χ1n) is 3.67. The van der Waals surface area contributed by atoms with Gasteiger partial charge in [-0.1, -0.05) is 18.2 Å². The van der Waals surface area contributed by atoms with Crippen LogP contribution in [0.15, 0.2) is 35.2 Å². The maximum absolute atomic E-state index is 2.18. The summed E-state index contributed by atoms with van der Waals surface area (Å²) in [5, 5.41) is 0.933. The number of benzene rings is 1. The van der Waals surface area contributed by atoms with Gasteiger partial charge in [0, 0.05) is 10.1 Å². The maximum atomic E-state index is 2.18. The summed E-state index contributed by atoms with van der Waals surface area (Å²) < 4.78 is 0. The highest BCUT2D eigenvalue weighted by Crippen LogP contribution is 2.38. The van der Waals surface area contributed by atoms with Crippen molar-refractivity contribution in [2.75, 3.05) is 0 Å². The molecule has 0 bridgehead atoms. The smallest absolute Gasteiger partial charge is 0.00952 e. The molecule has 0 unspecified atom stereocenters. The van der Waals surface area contributed by atoms with E-state index >= 15 is 0 Å². The van der Waals surface area contributed by atoms with Crippen LogP contribution >= 0.6 is 28.7 Å². The summed E-state index contributed by atoms with van der Waals surface area (Å²) in [4.78, 5) is 1.42. The van der Waals surface area contributed by atoms with Crippen molar-refractivity contribution >= 4 is 28.7 Å².